The standard InChI is InChI=1S/C9H14N4/c1-3-5-11-8-7(4-2)6-12-9(10)13-8/h4,6H,2-3,5H2,1H3,(H3,10,11,12,13). The van der Waals surface area contributed by atoms with Crippen LogP contribution in [0.5, 0.6) is 0 Å². The van der Waals surface area contributed by atoms with Crippen LogP contribution in [0.3, 0.4) is 0 Å². The molecule has 1 heterocycles. The highest BCUT2D eigenvalue weighted by Crippen LogP contribution is 2.13. The van der Waals surface area contributed by atoms with Crippen LogP contribution < -0.4 is 11.1 Å². The second-order valence-corrected chi connectivity index (χ2v) is 2.66. The maximum atomic E-state index is 5.46. The Hall–Kier alpha value is -1.58. The quantitative estimate of drug-likeness (QED) is 0.733. The van der Waals surface area contributed by atoms with Crippen LogP contribution in [0, 0.1) is 0 Å². The van der Waals surface area contributed by atoms with Gasteiger partial charge in [-0.1, -0.05) is 19.6 Å². The van der Waals surface area contributed by atoms with Crippen LogP contribution >= 0.6 is 0 Å². The second kappa shape index (κ2) is 4.45. The summed E-state index contributed by atoms with van der Waals surface area (Å²) in [6.07, 6.45) is 4.41. The lowest BCUT2D eigenvalue weighted by molar-refractivity contribution is 0.965. The van der Waals surface area contributed by atoms with Gasteiger partial charge >= 0.3 is 0 Å². The molecule has 0 fully saturated rings. The summed E-state index contributed by atoms with van der Waals surface area (Å²) in [5, 5.41) is 3.15. The van der Waals surface area contributed by atoms with E-state index in [1.807, 2.05) is 0 Å². The molecule has 0 saturated heterocycles. The van der Waals surface area contributed by atoms with Crippen molar-refractivity contribution in [3.8, 4) is 0 Å². The Morgan fingerprint density at radius 1 is 1.69 bits per heavy atom. The Bertz CT molecular complexity index is 296. The van der Waals surface area contributed by atoms with E-state index >= 15 is 0 Å². The van der Waals surface area contributed by atoms with E-state index in [0.29, 0.717) is 0 Å². The summed E-state index contributed by atoms with van der Waals surface area (Å²) < 4.78 is 0. The Kier molecular flexibility index (Phi) is 3.25. The molecule has 0 amide bonds. The highest BCUT2D eigenvalue weighted by atomic mass is 15.1. The molecule has 0 spiro atoms. The molecule has 0 bridgehead atoms. The minimum Gasteiger partial charge on any atom is -0.369 e. The van der Waals surface area contributed by atoms with Crippen molar-refractivity contribution in [3.63, 3.8) is 0 Å². The summed E-state index contributed by atoms with van der Waals surface area (Å²) in [5.41, 5.74) is 6.33. The van der Waals surface area contributed by atoms with Crippen LogP contribution in [0.25, 0.3) is 6.08 Å². The van der Waals surface area contributed by atoms with Gasteiger partial charge in [0.05, 0.1) is 0 Å². The Morgan fingerprint density at radius 3 is 3.08 bits per heavy atom. The van der Waals surface area contributed by atoms with E-state index in [1.165, 1.54) is 0 Å². The van der Waals surface area contributed by atoms with Crippen molar-refractivity contribution in [2.24, 2.45) is 0 Å². The SMILES string of the molecule is C=Cc1cnc(N)nc1NCCC. The van der Waals surface area contributed by atoms with Crippen LogP contribution in [0.15, 0.2) is 12.8 Å². The predicted molar refractivity (Wildman–Crippen MR) is 55.3 cm³/mol. The largest absolute Gasteiger partial charge is 0.369 e. The number of nitrogens with one attached hydrogen (secondary N) is 1. The van der Waals surface area contributed by atoms with Crippen molar-refractivity contribution >= 4 is 17.8 Å². The molecule has 0 aliphatic heterocycles. The van der Waals surface area contributed by atoms with E-state index in [9.17, 15) is 0 Å². The Labute approximate surface area is 77.9 Å². The molecule has 1 aromatic rings. The summed E-state index contributed by atoms with van der Waals surface area (Å²) in [5.74, 6) is 1.04. The minimum absolute atomic E-state index is 0.282. The molecule has 0 aliphatic rings. The van der Waals surface area contributed by atoms with Gasteiger partial charge in [0, 0.05) is 18.3 Å². The molecule has 0 saturated carbocycles. The van der Waals surface area contributed by atoms with E-state index in [1.54, 1.807) is 12.3 Å². The van der Waals surface area contributed by atoms with Gasteiger partial charge in [-0.15, -0.1) is 0 Å². The Morgan fingerprint density at radius 2 is 2.46 bits per heavy atom. The van der Waals surface area contributed by atoms with E-state index in [2.05, 4.69) is 28.8 Å². The summed E-state index contributed by atoms with van der Waals surface area (Å²) in [4.78, 5) is 7.94. The second-order valence-electron chi connectivity index (χ2n) is 2.66. The summed E-state index contributed by atoms with van der Waals surface area (Å²) in [6.45, 7) is 6.63. The van der Waals surface area contributed by atoms with Crippen molar-refractivity contribution in [1.82, 2.24) is 9.97 Å². The molecule has 3 N–H and O–H groups in total. The third-order valence-corrected chi connectivity index (χ3v) is 1.60. The summed E-state index contributed by atoms with van der Waals surface area (Å²) in [7, 11) is 0. The average Bonchev–Trinajstić information content (AvgIpc) is 2.15. The highest BCUT2D eigenvalue weighted by molar-refractivity contribution is 5.61. The first-order valence-electron chi connectivity index (χ1n) is 4.26. The number of nitrogens with two attached hydrogens (primary N) is 1. The van der Waals surface area contributed by atoms with Gasteiger partial charge in [-0.3, -0.25) is 0 Å². The van der Waals surface area contributed by atoms with Gasteiger partial charge < -0.3 is 11.1 Å². The molecule has 0 radical (unpaired) electrons. The number of rotatable bonds is 4. The third-order valence-electron chi connectivity index (χ3n) is 1.60. The molecule has 1 aromatic heterocycles. The number of hydrogen-bond donors (Lipinski definition) is 2. The van der Waals surface area contributed by atoms with Crippen molar-refractivity contribution < 1.29 is 0 Å². The molecule has 0 aromatic carbocycles. The van der Waals surface area contributed by atoms with Gasteiger partial charge in [-0.25, -0.2) is 4.98 Å². The van der Waals surface area contributed by atoms with Gasteiger partial charge in [0.2, 0.25) is 5.95 Å². The smallest absolute Gasteiger partial charge is 0.221 e. The first kappa shape index (κ1) is 9.51. The highest BCUT2D eigenvalue weighted by Gasteiger charge is 2.00. The molecule has 1 rings (SSSR count). The van der Waals surface area contributed by atoms with Gasteiger partial charge in [-0.05, 0) is 6.42 Å². The van der Waals surface area contributed by atoms with Crippen LogP contribution in [0.2, 0.25) is 0 Å². The normalized spacial score (nSPS) is 9.62. The van der Waals surface area contributed by atoms with Crippen molar-refractivity contribution in [2.45, 2.75) is 13.3 Å². The number of nitrogens with zero attached hydrogens (tertiary/aromatic N) is 2. The van der Waals surface area contributed by atoms with Crippen LogP contribution in [-0.2, 0) is 0 Å². The van der Waals surface area contributed by atoms with E-state index in [-0.39, 0.29) is 5.95 Å². The van der Waals surface area contributed by atoms with Gasteiger partial charge in [0.25, 0.3) is 0 Å². The number of anilines is 2. The molecule has 0 aliphatic carbocycles. The first-order chi connectivity index (χ1) is 6.27. The zero-order valence-electron chi connectivity index (χ0n) is 7.75. The van der Waals surface area contributed by atoms with Crippen molar-refractivity contribution in [2.75, 3.05) is 17.6 Å². The van der Waals surface area contributed by atoms with Gasteiger partial charge in [0.15, 0.2) is 0 Å². The molecular weight excluding hydrogens is 164 g/mol. The lowest BCUT2D eigenvalue weighted by Crippen LogP contribution is -2.06. The fraction of sp³-hybridized carbons (Fsp3) is 0.333. The third kappa shape index (κ3) is 2.43. The molecule has 70 valence electrons. The van der Waals surface area contributed by atoms with Crippen LogP contribution in [0.1, 0.15) is 18.9 Å². The zero-order chi connectivity index (χ0) is 9.68. The zero-order valence-corrected chi connectivity index (χ0v) is 7.75. The first-order valence-corrected chi connectivity index (χ1v) is 4.26. The van der Waals surface area contributed by atoms with Crippen LogP contribution in [-0.4, -0.2) is 16.5 Å². The fourth-order valence-corrected chi connectivity index (χ4v) is 0.939. The van der Waals surface area contributed by atoms with Crippen LogP contribution in [0.4, 0.5) is 11.8 Å². The lowest BCUT2D eigenvalue weighted by Gasteiger charge is -2.06. The van der Waals surface area contributed by atoms with Gasteiger partial charge in [0.1, 0.15) is 5.82 Å². The van der Waals surface area contributed by atoms with Crippen molar-refractivity contribution in [1.29, 1.82) is 0 Å². The Balaban J connectivity index is 2.87. The number of nitrogen functional groups attached to an aromatic ring is 1. The lowest BCUT2D eigenvalue weighted by atomic mass is 10.3. The van der Waals surface area contributed by atoms with E-state index < -0.39 is 0 Å². The summed E-state index contributed by atoms with van der Waals surface area (Å²) in [6, 6.07) is 0. The van der Waals surface area contributed by atoms with Crippen molar-refractivity contribution in [3.05, 3.63) is 18.3 Å². The topological polar surface area (TPSA) is 63.8 Å². The number of aromatic nitrogens is 2. The molecule has 4 nitrogen and oxygen atoms in total. The van der Waals surface area contributed by atoms with Gasteiger partial charge in [-0.2, -0.15) is 4.98 Å². The number of hydrogen-bond acceptors (Lipinski definition) is 4. The maximum absolute atomic E-state index is 5.46. The van der Waals surface area contributed by atoms with E-state index in [4.69, 9.17) is 5.73 Å². The molecule has 13 heavy (non-hydrogen) atoms. The minimum atomic E-state index is 0.282. The predicted octanol–water partition coefficient (Wildman–Crippen LogP) is 1.52. The average molecular weight is 178 g/mol. The van der Waals surface area contributed by atoms with E-state index in [0.717, 1.165) is 24.3 Å². The molecule has 0 unspecified atom stereocenters. The molecule has 4 heteroatoms. The maximum Gasteiger partial charge on any atom is 0.221 e. The fourth-order valence-electron chi connectivity index (χ4n) is 0.939. The monoisotopic (exact) mass is 178 g/mol. The molecular formula is C9H14N4. The molecule has 0 atom stereocenters. The summed E-state index contributed by atoms with van der Waals surface area (Å²) >= 11 is 0.